The summed E-state index contributed by atoms with van der Waals surface area (Å²) in [6.07, 6.45) is 1.67. The molecule has 0 aliphatic carbocycles. The normalized spacial score (nSPS) is 17.8. The third-order valence-electron chi connectivity index (χ3n) is 3.82. The number of carbonyl (C=O) groups is 1. The van der Waals surface area contributed by atoms with Crippen molar-refractivity contribution in [1.29, 1.82) is 0 Å². The lowest BCUT2D eigenvalue weighted by Crippen LogP contribution is -2.39. The number of hydrogen-bond acceptors (Lipinski definition) is 5. The minimum atomic E-state index is -0.335. The van der Waals surface area contributed by atoms with Gasteiger partial charge in [0.05, 0.1) is 13.2 Å². The Morgan fingerprint density at radius 3 is 2.91 bits per heavy atom. The van der Waals surface area contributed by atoms with Crippen LogP contribution in [0, 0.1) is 0 Å². The lowest BCUT2D eigenvalue weighted by Gasteiger charge is -2.34. The molecule has 1 saturated heterocycles. The minimum Gasteiger partial charge on any atom is -0.462 e. The van der Waals surface area contributed by atoms with Gasteiger partial charge in [0.25, 0.3) is 0 Å². The Balaban J connectivity index is 1.83. The molecular weight excluding hydrogens is 292 g/mol. The molecule has 1 aliphatic rings. The smallest absolute Gasteiger partial charge is 0.341 e. The van der Waals surface area contributed by atoms with Crippen molar-refractivity contribution in [1.82, 2.24) is 4.98 Å². The zero-order valence-corrected chi connectivity index (χ0v) is 13.1. The van der Waals surface area contributed by atoms with Gasteiger partial charge in [0, 0.05) is 19.3 Å². The quantitative estimate of drug-likeness (QED) is 0.813. The lowest BCUT2D eigenvalue weighted by atomic mass is 10.1. The molecule has 23 heavy (non-hydrogen) atoms. The van der Waals surface area contributed by atoms with Gasteiger partial charge >= 0.3 is 5.97 Å². The average Bonchev–Trinajstić information content (AvgIpc) is 2.63. The number of benzene rings is 1. The number of rotatable bonds is 4. The molecule has 1 aliphatic heterocycles. The first-order valence-electron chi connectivity index (χ1n) is 7.83. The second-order valence-corrected chi connectivity index (χ2v) is 5.31. The standard InChI is InChI=1S/C18H20N2O3/c1-2-22-18(21)15-9-6-10-19-17(15)20-11-12-23-16(13-20)14-7-4-3-5-8-14/h3-10,16H,2,11-13H2,1H3/t16-/m0/s1. The summed E-state index contributed by atoms with van der Waals surface area (Å²) >= 11 is 0. The molecule has 120 valence electrons. The van der Waals surface area contributed by atoms with Gasteiger partial charge in [0.15, 0.2) is 0 Å². The minimum absolute atomic E-state index is 0.0259. The van der Waals surface area contributed by atoms with Crippen LogP contribution in [-0.2, 0) is 9.47 Å². The predicted octanol–water partition coefficient (Wildman–Crippen LogP) is 2.84. The summed E-state index contributed by atoms with van der Waals surface area (Å²) in [5.74, 6) is 0.327. The van der Waals surface area contributed by atoms with E-state index in [1.54, 1.807) is 25.3 Å². The van der Waals surface area contributed by atoms with Crippen molar-refractivity contribution in [2.45, 2.75) is 13.0 Å². The van der Waals surface area contributed by atoms with Crippen molar-refractivity contribution >= 4 is 11.8 Å². The molecule has 0 N–H and O–H groups in total. The van der Waals surface area contributed by atoms with Crippen molar-refractivity contribution in [2.75, 3.05) is 31.2 Å². The van der Waals surface area contributed by atoms with Crippen LogP contribution < -0.4 is 4.90 Å². The van der Waals surface area contributed by atoms with E-state index in [1.165, 1.54) is 0 Å². The molecule has 2 aromatic rings. The van der Waals surface area contributed by atoms with Gasteiger partial charge < -0.3 is 14.4 Å². The van der Waals surface area contributed by atoms with Crippen LogP contribution in [0.3, 0.4) is 0 Å². The summed E-state index contributed by atoms with van der Waals surface area (Å²) in [6, 6.07) is 13.6. The third-order valence-corrected chi connectivity index (χ3v) is 3.82. The second-order valence-electron chi connectivity index (χ2n) is 5.31. The fraction of sp³-hybridized carbons (Fsp3) is 0.333. The van der Waals surface area contributed by atoms with E-state index in [9.17, 15) is 4.79 Å². The van der Waals surface area contributed by atoms with Crippen LogP contribution in [0.25, 0.3) is 0 Å². The Labute approximate surface area is 135 Å². The topological polar surface area (TPSA) is 51.7 Å². The van der Waals surface area contributed by atoms with Crippen molar-refractivity contribution in [2.24, 2.45) is 0 Å². The van der Waals surface area contributed by atoms with E-state index in [0.717, 1.165) is 5.56 Å². The molecule has 1 aromatic heterocycles. The highest BCUT2D eigenvalue weighted by atomic mass is 16.5. The highest BCUT2D eigenvalue weighted by Crippen LogP contribution is 2.27. The number of anilines is 1. The van der Waals surface area contributed by atoms with Crippen LogP contribution in [0.2, 0.25) is 0 Å². The van der Waals surface area contributed by atoms with Gasteiger partial charge in [-0.25, -0.2) is 9.78 Å². The van der Waals surface area contributed by atoms with E-state index in [-0.39, 0.29) is 12.1 Å². The van der Waals surface area contributed by atoms with E-state index in [2.05, 4.69) is 22.0 Å². The zero-order valence-electron chi connectivity index (χ0n) is 13.1. The number of carbonyl (C=O) groups excluding carboxylic acids is 1. The summed E-state index contributed by atoms with van der Waals surface area (Å²) in [5.41, 5.74) is 1.63. The first kappa shape index (κ1) is 15.5. The third kappa shape index (κ3) is 3.51. The number of esters is 1. The highest BCUT2D eigenvalue weighted by molar-refractivity contribution is 5.94. The summed E-state index contributed by atoms with van der Waals surface area (Å²) in [5, 5.41) is 0. The molecule has 5 heteroatoms. The van der Waals surface area contributed by atoms with Gasteiger partial charge in [0.1, 0.15) is 17.5 Å². The summed E-state index contributed by atoms with van der Waals surface area (Å²) in [6.45, 7) is 4.11. The largest absolute Gasteiger partial charge is 0.462 e. The van der Waals surface area contributed by atoms with Crippen molar-refractivity contribution in [3.05, 3.63) is 59.8 Å². The Morgan fingerprint density at radius 1 is 1.30 bits per heavy atom. The maximum absolute atomic E-state index is 12.1. The van der Waals surface area contributed by atoms with Crippen molar-refractivity contribution < 1.29 is 14.3 Å². The molecule has 0 spiro atoms. The van der Waals surface area contributed by atoms with E-state index >= 15 is 0 Å². The molecular formula is C18H20N2O3. The first-order chi connectivity index (χ1) is 11.3. The van der Waals surface area contributed by atoms with E-state index in [0.29, 0.717) is 37.7 Å². The van der Waals surface area contributed by atoms with Gasteiger partial charge in [-0.15, -0.1) is 0 Å². The molecule has 0 unspecified atom stereocenters. The van der Waals surface area contributed by atoms with Crippen LogP contribution >= 0.6 is 0 Å². The Hall–Kier alpha value is -2.40. The average molecular weight is 312 g/mol. The van der Waals surface area contributed by atoms with Crippen LogP contribution in [-0.4, -0.2) is 37.3 Å². The second kappa shape index (κ2) is 7.24. The van der Waals surface area contributed by atoms with Crippen LogP contribution in [0.4, 0.5) is 5.82 Å². The maximum atomic E-state index is 12.1. The van der Waals surface area contributed by atoms with Gasteiger partial charge in [-0.2, -0.15) is 0 Å². The van der Waals surface area contributed by atoms with Crippen LogP contribution in [0.5, 0.6) is 0 Å². The van der Waals surface area contributed by atoms with Crippen molar-refractivity contribution in [3.8, 4) is 0 Å². The molecule has 0 radical (unpaired) electrons. The Kier molecular flexibility index (Phi) is 4.88. The monoisotopic (exact) mass is 312 g/mol. The number of ether oxygens (including phenoxy) is 2. The lowest BCUT2D eigenvalue weighted by molar-refractivity contribution is 0.0389. The van der Waals surface area contributed by atoms with E-state index < -0.39 is 0 Å². The van der Waals surface area contributed by atoms with Gasteiger partial charge in [-0.05, 0) is 24.6 Å². The molecule has 0 saturated carbocycles. The Morgan fingerprint density at radius 2 is 2.13 bits per heavy atom. The number of pyridine rings is 1. The van der Waals surface area contributed by atoms with E-state index in [4.69, 9.17) is 9.47 Å². The molecule has 2 heterocycles. The van der Waals surface area contributed by atoms with Gasteiger partial charge in [-0.1, -0.05) is 30.3 Å². The van der Waals surface area contributed by atoms with Crippen molar-refractivity contribution in [3.63, 3.8) is 0 Å². The fourth-order valence-electron chi connectivity index (χ4n) is 2.73. The number of nitrogens with zero attached hydrogens (tertiary/aromatic N) is 2. The van der Waals surface area contributed by atoms with E-state index in [1.807, 2.05) is 18.2 Å². The zero-order chi connectivity index (χ0) is 16.1. The summed E-state index contributed by atoms with van der Waals surface area (Å²) in [7, 11) is 0. The number of aromatic nitrogens is 1. The molecule has 1 atom stereocenters. The van der Waals surface area contributed by atoms with Crippen LogP contribution in [0.15, 0.2) is 48.7 Å². The maximum Gasteiger partial charge on any atom is 0.341 e. The fourth-order valence-corrected chi connectivity index (χ4v) is 2.73. The Bertz CT molecular complexity index is 660. The number of morpholine rings is 1. The summed E-state index contributed by atoms with van der Waals surface area (Å²) in [4.78, 5) is 18.6. The van der Waals surface area contributed by atoms with Gasteiger partial charge in [-0.3, -0.25) is 0 Å². The molecule has 0 amide bonds. The SMILES string of the molecule is CCOC(=O)c1cccnc1N1CCO[C@H](c2ccccc2)C1. The molecule has 0 bridgehead atoms. The van der Waals surface area contributed by atoms with Gasteiger partial charge in [0.2, 0.25) is 0 Å². The molecule has 5 nitrogen and oxygen atoms in total. The highest BCUT2D eigenvalue weighted by Gasteiger charge is 2.26. The molecule has 1 aromatic carbocycles. The molecule has 3 rings (SSSR count). The summed E-state index contributed by atoms with van der Waals surface area (Å²) < 4.78 is 11.0. The molecule has 1 fully saturated rings. The first-order valence-corrected chi connectivity index (χ1v) is 7.83. The number of hydrogen-bond donors (Lipinski definition) is 0. The predicted molar refractivity (Wildman–Crippen MR) is 87.5 cm³/mol. The van der Waals surface area contributed by atoms with Crippen LogP contribution in [0.1, 0.15) is 28.9 Å².